The number of aromatic nitrogens is 3. The Balaban J connectivity index is 1.67. The molecule has 0 saturated carbocycles. The lowest BCUT2D eigenvalue weighted by atomic mass is 10.2. The molecular formula is C19H17N5O2. The van der Waals surface area contributed by atoms with Gasteiger partial charge in [-0.25, -0.2) is 9.97 Å². The minimum atomic E-state index is 0.601. The van der Waals surface area contributed by atoms with Gasteiger partial charge in [0.25, 0.3) is 0 Å². The summed E-state index contributed by atoms with van der Waals surface area (Å²) in [6, 6.07) is 13.5. The summed E-state index contributed by atoms with van der Waals surface area (Å²) in [6.45, 7) is 0. The lowest BCUT2D eigenvalue weighted by Gasteiger charge is -2.07. The molecule has 4 rings (SSSR count). The summed E-state index contributed by atoms with van der Waals surface area (Å²) in [6.07, 6.45) is 3.19. The van der Waals surface area contributed by atoms with Crippen molar-refractivity contribution in [3.8, 4) is 11.5 Å². The summed E-state index contributed by atoms with van der Waals surface area (Å²) in [5.74, 6) is 2.03. The fourth-order valence-corrected chi connectivity index (χ4v) is 2.83. The number of H-pyrrole nitrogens is 1. The van der Waals surface area contributed by atoms with E-state index in [1.807, 2.05) is 42.5 Å². The van der Waals surface area contributed by atoms with Gasteiger partial charge in [-0.05, 0) is 24.3 Å². The van der Waals surface area contributed by atoms with Gasteiger partial charge in [-0.2, -0.15) is 5.10 Å². The second-order valence-corrected chi connectivity index (χ2v) is 5.59. The van der Waals surface area contributed by atoms with Crippen molar-refractivity contribution in [1.29, 1.82) is 0 Å². The van der Waals surface area contributed by atoms with E-state index in [4.69, 9.17) is 9.47 Å². The monoisotopic (exact) mass is 347 g/mol. The molecule has 0 amide bonds. The number of hydrogen-bond donors (Lipinski definition) is 2. The Kier molecular flexibility index (Phi) is 4.10. The third-order valence-corrected chi connectivity index (χ3v) is 4.10. The molecule has 7 nitrogen and oxygen atoms in total. The number of ether oxygens (including phenoxy) is 2. The molecule has 0 fully saturated rings. The first-order chi connectivity index (χ1) is 12.8. The van der Waals surface area contributed by atoms with Gasteiger partial charge in [-0.3, -0.25) is 5.43 Å². The van der Waals surface area contributed by atoms with Crippen LogP contribution in [0, 0.1) is 0 Å². The number of nitrogens with one attached hydrogen (secondary N) is 2. The summed E-state index contributed by atoms with van der Waals surface area (Å²) in [5.41, 5.74) is 6.44. The Labute approximate surface area is 149 Å². The average molecular weight is 347 g/mol. The highest BCUT2D eigenvalue weighted by Gasteiger charge is 2.09. The van der Waals surface area contributed by atoms with Crippen molar-refractivity contribution in [3.63, 3.8) is 0 Å². The van der Waals surface area contributed by atoms with Crippen molar-refractivity contribution >= 4 is 34.0 Å². The molecule has 0 atom stereocenters. The Bertz CT molecular complexity index is 1100. The number of hydrogen-bond acceptors (Lipinski definition) is 6. The SMILES string of the molecule is COc1ccc(OC)c(/C=N/Nc2ncnc3c2[nH]c2ccccc23)c1. The predicted octanol–water partition coefficient (Wildman–Crippen LogP) is 3.57. The van der Waals surface area contributed by atoms with Crippen LogP contribution in [0.4, 0.5) is 5.82 Å². The number of nitrogens with zero attached hydrogens (tertiary/aromatic N) is 3. The molecule has 0 spiro atoms. The predicted molar refractivity (Wildman–Crippen MR) is 102 cm³/mol. The first kappa shape index (κ1) is 15.9. The Morgan fingerprint density at radius 2 is 1.96 bits per heavy atom. The van der Waals surface area contributed by atoms with E-state index < -0.39 is 0 Å². The molecule has 0 aliphatic rings. The normalized spacial score (nSPS) is 11.3. The van der Waals surface area contributed by atoms with E-state index in [-0.39, 0.29) is 0 Å². The quantitative estimate of drug-likeness (QED) is 0.426. The van der Waals surface area contributed by atoms with Gasteiger partial charge in [-0.1, -0.05) is 18.2 Å². The molecule has 0 bridgehead atoms. The number of hydrazone groups is 1. The topological polar surface area (TPSA) is 84.4 Å². The number of methoxy groups -OCH3 is 2. The number of aromatic amines is 1. The third kappa shape index (κ3) is 2.79. The third-order valence-electron chi connectivity index (χ3n) is 4.10. The van der Waals surface area contributed by atoms with Crippen LogP contribution in [0.3, 0.4) is 0 Å². The summed E-state index contributed by atoms with van der Waals surface area (Å²) < 4.78 is 10.6. The van der Waals surface area contributed by atoms with Crippen molar-refractivity contribution in [2.45, 2.75) is 0 Å². The summed E-state index contributed by atoms with van der Waals surface area (Å²) >= 11 is 0. The van der Waals surface area contributed by atoms with E-state index in [0.717, 1.165) is 33.2 Å². The lowest BCUT2D eigenvalue weighted by molar-refractivity contribution is 0.402. The van der Waals surface area contributed by atoms with Gasteiger partial charge in [0.05, 0.1) is 20.4 Å². The zero-order valence-electron chi connectivity index (χ0n) is 14.4. The number of fused-ring (bicyclic) bond motifs is 3. The maximum atomic E-state index is 5.35. The second-order valence-electron chi connectivity index (χ2n) is 5.59. The van der Waals surface area contributed by atoms with Crippen LogP contribution < -0.4 is 14.9 Å². The molecule has 0 unspecified atom stereocenters. The largest absolute Gasteiger partial charge is 0.497 e. The van der Waals surface area contributed by atoms with E-state index >= 15 is 0 Å². The molecule has 26 heavy (non-hydrogen) atoms. The molecule has 0 radical (unpaired) electrons. The van der Waals surface area contributed by atoms with Crippen LogP contribution in [0.2, 0.25) is 0 Å². The van der Waals surface area contributed by atoms with Crippen LogP contribution in [0.5, 0.6) is 11.5 Å². The van der Waals surface area contributed by atoms with Gasteiger partial charge in [0, 0.05) is 16.5 Å². The smallest absolute Gasteiger partial charge is 0.174 e. The van der Waals surface area contributed by atoms with Gasteiger partial charge < -0.3 is 14.5 Å². The first-order valence-electron chi connectivity index (χ1n) is 8.02. The summed E-state index contributed by atoms with van der Waals surface area (Å²) in [4.78, 5) is 12.0. The molecule has 2 aromatic heterocycles. The van der Waals surface area contributed by atoms with Crippen LogP contribution >= 0.6 is 0 Å². The van der Waals surface area contributed by atoms with E-state index in [0.29, 0.717) is 11.6 Å². The van der Waals surface area contributed by atoms with Gasteiger partial charge in [0.2, 0.25) is 0 Å². The van der Waals surface area contributed by atoms with E-state index in [2.05, 4.69) is 25.5 Å². The molecule has 0 saturated heterocycles. The summed E-state index contributed by atoms with van der Waals surface area (Å²) in [7, 11) is 3.24. The fourth-order valence-electron chi connectivity index (χ4n) is 2.83. The van der Waals surface area contributed by atoms with Gasteiger partial charge in [0.15, 0.2) is 5.82 Å². The molecule has 0 aliphatic heterocycles. The Morgan fingerprint density at radius 1 is 1.08 bits per heavy atom. The standard InChI is InChI=1S/C19H17N5O2/c1-25-13-7-8-16(26-2)12(9-13)10-22-24-19-18-17(20-11-21-19)14-5-3-4-6-15(14)23-18/h3-11,23H,1-2H3,(H,20,21,24)/b22-10+. The molecule has 2 heterocycles. The highest BCUT2D eigenvalue weighted by atomic mass is 16.5. The maximum absolute atomic E-state index is 5.35. The van der Waals surface area contributed by atoms with Crippen molar-refractivity contribution in [3.05, 3.63) is 54.4 Å². The zero-order chi connectivity index (χ0) is 17.9. The number of benzene rings is 2. The number of rotatable bonds is 5. The van der Waals surface area contributed by atoms with E-state index in [1.54, 1.807) is 20.4 Å². The number of anilines is 1. The second kappa shape index (κ2) is 6.72. The lowest BCUT2D eigenvalue weighted by Crippen LogP contribution is -1.97. The van der Waals surface area contributed by atoms with Crippen molar-refractivity contribution < 1.29 is 9.47 Å². The van der Waals surface area contributed by atoms with Gasteiger partial charge >= 0.3 is 0 Å². The Hall–Kier alpha value is -3.61. The van der Waals surface area contributed by atoms with Gasteiger partial charge in [-0.15, -0.1) is 0 Å². The first-order valence-corrected chi connectivity index (χ1v) is 8.02. The van der Waals surface area contributed by atoms with Crippen LogP contribution in [0.25, 0.3) is 21.9 Å². The number of para-hydroxylation sites is 1. The van der Waals surface area contributed by atoms with Crippen LogP contribution in [0.1, 0.15) is 5.56 Å². The summed E-state index contributed by atoms with van der Waals surface area (Å²) in [5, 5.41) is 5.34. The minimum absolute atomic E-state index is 0.601. The van der Waals surface area contributed by atoms with Crippen molar-refractivity contribution in [1.82, 2.24) is 15.0 Å². The van der Waals surface area contributed by atoms with Crippen LogP contribution in [0.15, 0.2) is 53.9 Å². The maximum Gasteiger partial charge on any atom is 0.174 e. The van der Waals surface area contributed by atoms with Crippen LogP contribution in [-0.4, -0.2) is 35.4 Å². The highest BCUT2D eigenvalue weighted by Crippen LogP contribution is 2.27. The molecular weight excluding hydrogens is 330 g/mol. The minimum Gasteiger partial charge on any atom is -0.497 e. The Morgan fingerprint density at radius 3 is 2.81 bits per heavy atom. The fraction of sp³-hybridized carbons (Fsp3) is 0.105. The highest BCUT2D eigenvalue weighted by molar-refractivity contribution is 6.08. The van der Waals surface area contributed by atoms with Crippen LogP contribution in [-0.2, 0) is 0 Å². The molecule has 2 N–H and O–H groups in total. The molecule has 130 valence electrons. The molecule has 7 heteroatoms. The molecule has 0 aliphatic carbocycles. The van der Waals surface area contributed by atoms with Crippen molar-refractivity contribution in [2.75, 3.05) is 19.6 Å². The molecule has 2 aromatic carbocycles. The van der Waals surface area contributed by atoms with E-state index in [1.165, 1.54) is 6.33 Å². The molecule has 4 aromatic rings. The van der Waals surface area contributed by atoms with E-state index in [9.17, 15) is 0 Å². The average Bonchev–Trinajstić information content (AvgIpc) is 3.07. The van der Waals surface area contributed by atoms with Gasteiger partial charge in [0.1, 0.15) is 28.9 Å². The zero-order valence-corrected chi connectivity index (χ0v) is 14.4. The van der Waals surface area contributed by atoms with Crippen molar-refractivity contribution in [2.24, 2.45) is 5.10 Å².